The highest BCUT2D eigenvalue weighted by atomic mass is 32.2. The third-order valence-corrected chi connectivity index (χ3v) is 7.30. The van der Waals surface area contributed by atoms with Crippen molar-refractivity contribution in [3.63, 3.8) is 0 Å². The number of carbonyl (C=O) groups excluding carboxylic acids is 1. The number of thioether (sulfide) groups is 2. The average Bonchev–Trinajstić information content (AvgIpc) is 2.88. The molecule has 0 aliphatic heterocycles. The lowest BCUT2D eigenvalue weighted by atomic mass is 10.1. The van der Waals surface area contributed by atoms with Crippen LogP contribution in [-0.2, 0) is 0 Å². The van der Waals surface area contributed by atoms with Gasteiger partial charge in [-0.3, -0.25) is 4.79 Å². The highest BCUT2D eigenvalue weighted by Crippen LogP contribution is 2.38. The molecule has 0 saturated heterocycles. The van der Waals surface area contributed by atoms with Crippen LogP contribution in [0.25, 0.3) is 9.40 Å². The zero-order chi connectivity index (χ0) is 13.3. The quantitative estimate of drug-likeness (QED) is 0.561. The number of ketones is 1. The molecule has 0 aromatic carbocycles. The number of allylic oxidation sites excluding steroid dienone is 1. The molecule has 0 atom stereocenters. The minimum Gasteiger partial charge on any atom is -0.288 e. The number of rotatable bonds is 4. The van der Waals surface area contributed by atoms with Gasteiger partial charge in [0, 0.05) is 15.7 Å². The predicted octanol–water partition coefficient (Wildman–Crippen LogP) is 5.33. The Kier molecular flexibility index (Phi) is 4.59. The Hall–Kier alpha value is -0.230. The van der Waals surface area contributed by atoms with Crippen molar-refractivity contribution in [1.82, 2.24) is 0 Å². The summed E-state index contributed by atoms with van der Waals surface area (Å²) in [4.78, 5) is 13.2. The van der Waals surface area contributed by atoms with Crippen LogP contribution in [0, 0.1) is 13.8 Å². The minimum atomic E-state index is 0.138. The van der Waals surface area contributed by atoms with Gasteiger partial charge in [-0.15, -0.1) is 46.2 Å². The molecule has 5 heteroatoms. The Balaban J connectivity index is 2.45. The molecule has 0 spiro atoms. The van der Waals surface area contributed by atoms with Gasteiger partial charge in [-0.05, 0) is 42.9 Å². The molecule has 1 nitrogen and oxygen atoms in total. The molecule has 0 radical (unpaired) electrons. The largest absolute Gasteiger partial charge is 0.288 e. The molecule has 0 N–H and O–H groups in total. The van der Waals surface area contributed by atoms with Crippen LogP contribution in [-0.4, -0.2) is 18.3 Å². The summed E-state index contributed by atoms with van der Waals surface area (Å²) >= 11 is 6.60. The molecular formula is C13H14OS4. The van der Waals surface area contributed by atoms with E-state index in [0.29, 0.717) is 0 Å². The van der Waals surface area contributed by atoms with Crippen molar-refractivity contribution in [2.75, 3.05) is 12.5 Å². The Morgan fingerprint density at radius 2 is 1.94 bits per heavy atom. The molecule has 96 valence electrons. The molecule has 2 heterocycles. The Bertz CT molecular complexity index is 612. The minimum absolute atomic E-state index is 0.138. The van der Waals surface area contributed by atoms with Gasteiger partial charge in [0.25, 0.3) is 0 Å². The molecule has 18 heavy (non-hydrogen) atoms. The molecule has 0 saturated carbocycles. The highest BCUT2D eigenvalue weighted by molar-refractivity contribution is 8.21. The summed E-state index contributed by atoms with van der Waals surface area (Å²) < 4.78 is 2.32. The van der Waals surface area contributed by atoms with Gasteiger partial charge in [-0.25, -0.2) is 0 Å². The van der Waals surface area contributed by atoms with E-state index in [2.05, 4.69) is 19.2 Å². The van der Waals surface area contributed by atoms with Gasteiger partial charge in [-0.2, -0.15) is 0 Å². The van der Waals surface area contributed by atoms with Crippen molar-refractivity contribution in [1.29, 1.82) is 0 Å². The summed E-state index contributed by atoms with van der Waals surface area (Å²) in [5.41, 5.74) is 2.42. The lowest BCUT2D eigenvalue weighted by molar-refractivity contribution is 0.105. The summed E-state index contributed by atoms with van der Waals surface area (Å²) in [6.45, 7) is 4.16. The second-order valence-corrected chi connectivity index (χ2v) is 7.99. The summed E-state index contributed by atoms with van der Waals surface area (Å²) in [6.07, 6.45) is 5.76. The number of aryl methyl sites for hydroxylation is 2. The number of hydrogen-bond acceptors (Lipinski definition) is 5. The number of thiophene rings is 2. The molecule has 0 bridgehead atoms. The Morgan fingerprint density at radius 1 is 1.28 bits per heavy atom. The van der Waals surface area contributed by atoms with E-state index in [-0.39, 0.29) is 5.78 Å². The van der Waals surface area contributed by atoms with Crippen LogP contribution >= 0.6 is 46.2 Å². The fourth-order valence-electron chi connectivity index (χ4n) is 1.84. The van der Waals surface area contributed by atoms with Gasteiger partial charge in [0.05, 0.1) is 8.89 Å². The lowest BCUT2D eigenvalue weighted by Gasteiger charge is -1.99. The van der Waals surface area contributed by atoms with E-state index in [9.17, 15) is 4.79 Å². The first-order chi connectivity index (χ1) is 8.58. The number of fused-ring (bicyclic) bond motifs is 1. The Labute approximate surface area is 124 Å². The van der Waals surface area contributed by atoms with Crippen LogP contribution < -0.4 is 0 Å². The van der Waals surface area contributed by atoms with Crippen molar-refractivity contribution in [3.8, 4) is 0 Å². The first-order valence-electron chi connectivity index (χ1n) is 5.39. The second kappa shape index (κ2) is 5.82. The maximum atomic E-state index is 12.3. The van der Waals surface area contributed by atoms with Crippen molar-refractivity contribution >= 4 is 61.4 Å². The second-order valence-electron chi connectivity index (χ2n) is 3.87. The van der Waals surface area contributed by atoms with E-state index >= 15 is 0 Å². The first-order valence-corrected chi connectivity index (χ1v) is 9.54. The van der Waals surface area contributed by atoms with Crippen molar-refractivity contribution < 1.29 is 4.79 Å². The third-order valence-electron chi connectivity index (χ3n) is 2.73. The Morgan fingerprint density at radius 3 is 2.50 bits per heavy atom. The molecule has 2 aromatic heterocycles. The molecule has 0 aliphatic carbocycles. The van der Waals surface area contributed by atoms with Crippen molar-refractivity contribution in [3.05, 3.63) is 31.7 Å². The molecule has 2 rings (SSSR count). The molecule has 0 aliphatic rings. The smallest absolute Gasteiger partial charge is 0.197 e. The number of carbonyl (C=O) groups is 1. The van der Waals surface area contributed by atoms with Gasteiger partial charge < -0.3 is 0 Å². The molecule has 0 unspecified atom stereocenters. The van der Waals surface area contributed by atoms with Crippen LogP contribution in [0.2, 0.25) is 0 Å². The summed E-state index contributed by atoms with van der Waals surface area (Å²) in [5.74, 6) is 0.138. The van der Waals surface area contributed by atoms with Gasteiger partial charge in [0.1, 0.15) is 0 Å². The van der Waals surface area contributed by atoms with Crippen molar-refractivity contribution in [2.45, 2.75) is 13.8 Å². The lowest BCUT2D eigenvalue weighted by Crippen LogP contribution is -1.93. The van der Waals surface area contributed by atoms with Crippen molar-refractivity contribution in [2.24, 2.45) is 0 Å². The molecule has 2 aromatic rings. The monoisotopic (exact) mass is 314 g/mol. The fourth-order valence-corrected chi connectivity index (χ4v) is 5.39. The molecule has 0 amide bonds. The standard InChI is InChI=1S/C13H14OS4/c1-7-6-17-13-11(7)8(2)12(18-13)9(14)5-10(15-3)16-4/h5-6H,1-4H3. The first kappa shape index (κ1) is 14.2. The van der Waals surface area contributed by atoms with Crippen LogP contribution in [0.4, 0.5) is 0 Å². The van der Waals surface area contributed by atoms with E-state index in [4.69, 9.17) is 0 Å². The van der Waals surface area contributed by atoms with Gasteiger partial charge >= 0.3 is 0 Å². The van der Waals surface area contributed by atoms with Crippen LogP contribution in [0.3, 0.4) is 0 Å². The zero-order valence-corrected chi connectivity index (χ0v) is 14.0. The van der Waals surface area contributed by atoms with Crippen LogP contribution in [0.1, 0.15) is 20.8 Å². The number of hydrogen-bond donors (Lipinski definition) is 0. The maximum Gasteiger partial charge on any atom is 0.197 e. The zero-order valence-electron chi connectivity index (χ0n) is 10.7. The predicted molar refractivity (Wildman–Crippen MR) is 88.6 cm³/mol. The van der Waals surface area contributed by atoms with E-state index < -0.39 is 0 Å². The van der Waals surface area contributed by atoms with E-state index in [1.807, 2.05) is 12.5 Å². The van der Waals surface area contributed by atoms with E-state index in [0.717, 1.165) is 14.7 Å². The highest BCUT2D eigenvalue weighted by Gasteiger charge is 2.16. The van der Waals surface area contributed by atoms with Crippen LogP contribution in [0.15, 0.2) is 15.7 Å². The van der Waals surface area contributed by atoms with Crippen LogP contribution in [0.5, 0.6) is 0 Å². The van der Waals surface area contributed by atoms with E-state index in [1.165, 1.54) is 15.0 Å². The van der Waals surface area contributed by atoms with Gasteiger partial charge in [0.15, 0.2) is 5.78 Å². The summed E-state index contributed by atoms with van der Waals surface area (Å²) in [7, 11) is 0. The fraction of sp³-hybridized carbons (Fsp3) is 0.308. The SMILES string of the molecule is CSC(=CC(=O)c1sc2scc(C)c2c1C)SC. The third kappa shape index (κ3) is 2.54. The summed E-state index contributed by atoms with van der Waals surface area (Å²) in [5, 5.41) is 3.43. The molecule has 0 fully saturated rings. The molecular weight excluding hydrogens is 300 g/mol. The normalized spacial score (nSPS) is 10.9. The average molecular weight is 315 g/mol. The summed E-state index contributed by atoms with van der Waals surface area (Å²) in [6, 6.07) is 0. The van der Waals surface area contributed by atoms with Gasteiger partial charge in [-0.1, -0.05) is 0 Å². The van der Waals surface area contributed by atoms with E-state index in [1.54, 1.807) is 52.3 Å². The van der Waals surface area contributed by atoms with Gasteiger partial charge in [0.2, 0.25) is 0 Å². The maximum absolute atomic E-state index is 12.3. The topological polar surface area (TPSA) is 17.1 Å².